The Morgan fingerprint density at radius 1 is 1.05 bits per heavy atom. The molecule has 3 saturated heterocycles. The molecular weight excluding hydrogens is 272 g/mol. The van der Waals surface area contributed by atoms with Crippen molar-refractivity contribution in [2.24, 2.45) is 5.92 Å². The van der Waals surface area contributed by atoms with Crippen LogP contribution in [0.4, 0.5) is 0 Å². The first kappa shape index (κ1) is 13.2. The second kappa shape index (κ2) is 5.09. The third-order valence-corrected chi connectivity index (χ3v) is 4.49. The SMILES string of the molecule is CC1C(=O)OC2CC3OC(c4ccccc4)OCC3OC21. The first-order valence-corrected chi connectivity index (χ1v) is 7.40. The first-order valence-electron chi connectivity index (χ1n) is 7.40. The zero-order valence-corrected chi connectivity index (χ0v) is 11.8. The van der Waals surface area contributed by atoms with Crippen LogP contribution in [0.3, 0.4) is 0 Å². The van der Waals surface area contributed by atoms with Gasteiger partial charge in [0.1, 0.15) is 18.3 Å². The Bertz CT molecular complexity index is 531. The Balaban J connectivity index is 1.49. The molecule has 0 aromatic heterocycles. The molecule has 3 aliphatic rings. The molecule has 0 spiro atoms. The molecule has 1 aromatic rings. The van der Waals surface area contributed by atoms with Crippen LogP contribution in [0.15, 0.2) is 30.3 Å². The molecule has 0 saturated carbocycles. The van der Waals surface area contributed by atoms with Gasteiger partial charge in [0.15, 0.2) is 6.29 Å². The highest BCUT2D eigenvalue weighted by atomic mass is 16.7. The fourth-order valence-electron chi connectivity index (χ4n) is 3.29. The second-order valence-electron chi connectivity index (χ2n) is 5.89. The minimum atomic E-state index is -0.373. The van der Waals surface area contributed by atoms with E-state index in [1.165, 1.54) is 0 Å². The maximum absolute atomic E-state index is 11.7. The number of carbonyl (C=O) groups is 1. The van der Waals surface area contributed by atoms with Crippen molar-refractivity contribution in [3.8, 4) is 0 Å². The molecule has 0 radical (unpaired) electrons. The number of benzene rings is 1. The van der Waals surface area contributed by atoms with Gasteiger partial charge in [0.25, 0.3) is 0 Å². The molecule has 21 heavy (non-hydrogen) atoms. The summed E-state index contributed by atoms with van der Waals surface area (Å²) in [6.45, 7) is 2.33. The van der Waals surface area contributed by atoms with Crippen molar-refractivity contribution in [2.45, 2.75) is 44.1 Å². The highest BCUT2D eigenvalue weighted by Gasteiger charge is 2.51. The van der Waals surface area contributed by atoms with Crippen LogP contribution in [0.25, 0.3) is 0 Å². The fraction of sp³-hybridized carbons (Fsp3) is 0.562. The summed E-state index contributed by atoms with van der Waals surface area (Å²) < 4.78 is 23.2. The molecule has 5 heteroatoms. The predicted octanol–water partition coefficient (Wildman–Crippen LogP) is 1.82. The zero-order valence-electron chi connectivity index (χ0n) is 11.8. The van der Waals surface area contributed by atoms with Crippen LogP contribution in [-0.2, 0) is 23.7 Å². The molecule has 1 aromatic carbocycles. The normalized spacial score (nSPS) is 42.0. The largest absolute Gasteiger partial charge is 0.459 e. The van der Waals surface area contributed by atoms with E-state index in [0.717, 1.165) is 5.56 Å². The maximum atomic E-state index is 11.7. The average Bonchev–Trinajstić information content (AvgIpc) is 2.80. The third-order valence-electron chi connectivity index (χ3n) is 4.49. The average molecular weight is 290 g/mol. The standard InChI is InChI=1S/C16H18O5/c1-9-14-12(20-15(9)17)7-11-13(19-14)8-18-16(21-11)10-5-3-2-4-6-10/h2-6,9,11-14,16H,7-8H2,1H3. The Kier molecular flexibility index (Phi) is 3.21. The van der Waals surface area contributed by atoms with Crippen molar-refractivity contribution < 1.29 is 23.7 Å². The van der Waals surface area contributed by atoms with Gasteiger partial charge in [-0.3, -0.25) is 4.79 Å². The van der Waals surface area contributed by atoms with E-state index in [1.807, 2.05) is 37.3 Å². The van der Waals surface area contributed by atoms with Gasteiger partial charge in [-0.05, 0) is 6.92 Å². The van der Waals surface area contributed by atoms with E-state index in [4.69, 9.17) is 18.9 Å². The van der Waals surface area contributed by atoms with Crippen LogP contribution in [0.2, 0.25) is 0 Å². The summed E-state index contributed by atoms with van der Waals surface area (Å²) in [6, 6.07) is 9.84. The molecule has 5 nitrogen and oxygen atoms in total. The van der Waals surface area contributed by atoms with E-state index in [2.05, 4.69) is 0 Å². The van der Waals surface area contributed by atoms with Gasteiger partial charge >= 0.3 is 5.97 Å². The molecular formula is C16H18O5. The Labute approximate surface area is 123 Å². The van der Waals surface area contributed by atoms with Crippen LogP contribution in [-0.4, -0.2) is 37.0 Å². The van der Waals surface area contributed by atoms with Gasteiger partial charge < -0.3 is 18.9 Å². The van der Waals surface area contributed by atoms with Crippen LogP contribution in [0.1, 0.15) is 25.2 Å². The van der Waals surface area contributed by atoms with Crippen molar-refractivity contribution in [1.82, 2.24) is 0 Å². The van der Waals surface area contributed by atoms with Crippen LogP contribution in [0.5, 0.6) is 0 Å². The molecule has 0 aliphatic carbocycles. The van der Waals surface area contributed by atoms with Gasteiger partial charge in [0.05, 0.1) is 18.6 Å². The van der Waals surface area contributed by atoms with E-state index in [-0.39, 0.29) is 42.6 Å². The van der Waals surface area contributed by atoms with E-state index in [1.54, 1.807) is 0 Å². The van der Waals surface area contributed by atoms with Crippen molar-refractivity contribution in [2.75, 3.05) is 6.61 Å². The monoisotopic (exact) mass is 290 g/mol. The molecule has 0 N–H and O–H groups in total. The number of fused-ring (bicyclic) bond motifs is 2. The zero-order chi connectivity index (χ0) is 14.4. The van der Waals surface area contributed by atoms with Gasteiger partial charge in [-0.2, -0.15) is 0 Å². The van der Waals surface area contributed by atoms with Gasteiger partial charge in [0.2, 0.25) is 0 Å². The smallest absolute Gasteiger partial charge is 0.311 e. The molecule has 4 rings (SSSR count). The molecule has 0 bridgehead atoms. The predicted molar refractivity (Wildman–Crippen MR) is 72.3 cm³/mol. The lowest BCUT2D eigenvalue weighted by molar-refractivity contribution is -0.298. The summed E-state index contributed by atoms with van der Waals surface area (Å²) in [5, 5.41) is 0. The summed E-state index contributed by atoms with van der Waals surface area (Å²) >= 11 is 0. The molecule has 6 atom stereocenters. The van der Waals surface area contributed by atoms with Gasteiger partial charge in [0, 0.05) is 12.0 Å². The van der Waals surface area contributed by atoms with Crippen molar-refractivity contribution in [3.05, 3.63) is 35.9 Å². The minimum absolute atomic E-state index is 0.0942. The van der Waals surface area contributed by atoms with Crippen molar-refractivity contribution in [1.29, 1.82) is 0 Å². The number of hydrogen-bond donors (Lipinski definition) is 0. The highest BCUT2D eigenvalue weighted by molar-refractivity contribution is 5.75. The van der Waals surface area contributed by atoms with Gasteiger partial charge in [-0.15, -0.1) is 0 Å². The number of carbonyl (C=O) groups excluding carboxylic acids is 1. The van der Waals surface area contributed by atoms with Crippen LogP contribution in [0, 0.1) is 5.92 Å². The quantitative estimate of drug-likeness (QED) is 0.738. The van der Waals surface area contributed by atoms with E-state index in [9.17, 15) is 4.79 Å². The molecule has 3 aliphatic heterocycles. The first-order chi connectivity index (χ1) is 10.2. The van der Waals surface area contributed by atoms with Crippen molar-refractivity contribution in [3.63, 3.8) is 0 Å². The lowest BCUT2D eigenvalue weighted by Gasteiger charge is -2.43. The fourth-order valence-corrected chi connectivity index (χ4v) is 3.29. The van der Waals surface area contributed by atoms with Gasteiger partial charge in [-0.25, -0.2) is 0 Å². The van der Waals surface area contributed by atoms with Crippen LogP contribution >= 0.6 is 0 Å². The summed E-state index contributed by atoms with van der Waals surface area (Å²) in [5.74, 6) is -0.382. The van der Waals surface area contributed by atoms with Crippen LogP contribution < -0.4 is 0 Å². The molecule has 0 amide bonds. The Morgan fingerprint density at radius 2 is 1.86 bits per heavy atom. The van der Waals surface area contributed by atoms with Gasteiger partial charge in [-0.1, -0.05) is 30.3 Å². The lowest BCUT2D eigenvalue weighted by atomic mass is 9.93. The van der Waals surface area contributed by atoms with E-state index in [0.29, 0.717) is 13.0 Å². The van der Waals surface area contributed by atoms with E-state index >= 15 is 0 Å². The minimum Gasteiger partial charge on any atom is -0.459 e. The lowest BCUT2D eigenvalue weighted by Crippen LogP contribution is -2.52. The molecule has 3 fully saturated rings. The van der Waals surface area contributed by atoms with Crippen molar-refractivity contribution >= 4 is 5.97 Å². The Morgan fingerprint density at radius 3 is 2.67 bits per heavy atom. The molecule has 3 heterocycles. The summed E-state index contributed by atoms with van der Waals surface area (Å²) in [6.07, 6.45) is -0.269. The number of hydrogen-bond acceptors (Lipinski definition) is 5. The molecule has 112 valence electrons. The molecule has 6 unspecified atom stereocenters. The summed E-state index contributed by atoms with van der Waals surface area (Å²) in [5.41, 5.74) is 0.995. The van der Waals surface area contributed by atoms with E-state index < -0.39 is 0 Å². The summed E-state index contributed by atoms with van der Waals surface area (Å²) in [7, 11) is 0. The highest BCUT2D eigenvalue weighted by Crippen LogP contribution is 2.39. The summed E-state index contributed by atoms with van der Waals surface area (Å²) in [4.78, 5) is 11.7. The Hall–Kier alpha value is -1.43. The topological polar surface area (TPSA) is 54.0 Å². The number of esters is 1. The second-order valence-corrected chi connectivity index (χ2v) is 5.89. The maximum Gasteiger partial charge on any atom is 0.311 e. The third kappa shape index (κ3) is 2.25. The number of ether oxygens (including phenoxy) is 4. The number of rotatable bonds is 1.